The van der Waals surface area contributed by atoms with Crippen molar-refractivity contribution in [2.75, 3.05) is 33.5 Å². The van der Waals surface area contributed by atoms with Gasteiger partial charge < -0.3 is 14.9 Å². The van der Waals surface area contributed by atoms with E-state index in [1.54, 1.807) is 37.4 Å². The number of aliphatic hydroxyl groups excluding tert-OH is 2. The molecule has 0 aliphatic rings. The molecule has 6 rings (SSSR count). The van der Waals surface area contributed by atoms with Crippen LogP contribution in [0.1, 0.15) is 60.2 Å². The van der Waals surface area contributed by atoms with Gasteiger partial charge in [0.25, 0.3) is 11.8 Å². The van der Waals surface area contributed by atoms with Crippen molar-refractivity contribution < 1.29 is 47.4 Å². The molecule has 0 saturated heterocycles. The fraction of sp³-hybridized carbons (Fsp3) is 0.263. The number of fused-ring (bicyclic) bond motifs is 2. The zero-order chi connectivity index (χ0) is 38.1. The van der Waals surface area contributed by atoms with E-state index in [0.717, 1.165) is 17.3 Å². The van der Waals surface area contributed by atoms with Gasteiger partial charge in [-0.2, -0.15) is 0 Å². The minimum absolute atomic E-state index is 0. The second kappa shape index (κ2) is 19.4. The van der Waals surface area contributed by atoms with Gasteiger partial charge in [0.2, 0.25) is 0 Å². The molecule has 0 atom stereocenters. The van der Waals surface area contributed by atoms with Crippen LogP contribution in [-0.2, 0) is 22.5 Å². The molecule has 0 saturated carbocycles. The number of amides is 2. The van der Waals surface area contributed by atoms with Gasteiger partial charge >= 0.3 is 0 Å². The Bertz CT molecular complexity index is 2250. The molecule has 0 spiro atoms. The minimum Gasteiger partial charge on any atom is -0.495 e. The molecular formula is C38H39F3N4O7S2. The summed E-state index contributed by atoms with van der Waals surface area (Å²) >= 11 is 2.52. The standard InChI is InChI=1S/C19H19FN2O4S.C18H16F2N2O3S.CH4/c1-11-3-4-12(15(20)7-11)8-16-17(18(24)22-26-6-5-23)14-9-13(25-2)10-21-19(14)27-16;1-10-2-3-11(14(20)6-10)7-15-16(17(24)22-25-5-4-23)13-8-12(19)9-21-18(13)26-15;/h3-4,7,9-10,23H,5-6,8H2,1-2H3,(H,22,24);2-3,6,8-9,23H,4-5,7H2,1H3,(H,22,24);1H4. The van der Waals surface area contributed by atoms with E-state index in [-0.39, 0.29) is 63.9 Å². The highest BCUT2D eigenvalue weighted by molar-refractivity contribution is 7.19. The van der Waals surface area contributed by atoms with E-state index in [0.29, 0.717) is 52.6 Å². The Morgan fingerprint density at radius 2 is 1.19 bits per heavy atom. The number of benzene rings is 2. The predicted octanol–water partition coefficient (Wildman–Crippen LogP) is 6.76. The molecule has 54 heavy (non-hydrogen) atoms. The highest BCUT2D eigenvalue weighted by Crippen LogP contribution is 2.35. The van der Waals surface area contributed by atoms with Gasteiger partial charge in [0.05, 0.1) is 57.1 Å². The van der Waals surface area contributed by atoms with Crippen LogP contribution < -0.4 is 15.7 Å². The molecular weight excluding hydrogens is 746 g/mol. The van der Waals surface area contributed by atoms with Gasteiger partial charge in [-0.3, -0.25) is 19.3 Å². The summed E-state index contributed by atoms with van der Waals surface area (Å²) in [6, 6.07) is 12.8. The van der Waals surface area contributed by atoms with Crippen molar-refractivity contribution in [2.24, 2.45) is 0 Å². The fourth-order valence-electron chi connectivity index (χ4n) is 5.24. The highest BCUT2D eigenvalue weighted by atomic mass is 32.1. The number of halogens is 3. The zero-order valence-corrected chi connectivity index (χ0v) is 30.4. The number of nitrogens with zero attached hydrogens (tertiary/aromatic N) is 2. The number of aryl methyl sites for hydroxylation is 2. The van der Waals surface area contributed by atoms with Crippen LogP contribution in [0.4, 0.5) is 13.2 Å². The summed E-state index contributed by atoms with van der Waals surface area (Å²) < 4.78 is 47.3. The molecule has 0 unspecified atom stereocenters. The van der Waals surface area contributed by atoms with Crippen molar-refractivity contribution in [3.05, 3.63) is 122 Å². The van der Waals surface area contributed by atoms with E-state index in [1.165, 1.54) is 48.0 Å². The Balaban J connectivity index is 0.000000236. The Morgan fingerprint density at radius 1 is 0.722 bits per heavy atom. The SMILES string of the molecule is C.COc1cnc2sc(Cc3ccc(C)cc3F)c(C(=O)NOCCO)c2c1.Cc1ccc(Cc2sc3ncc(F)cc3c2C(=O)NOCCO)c(F)c1. The van der Waals surface area contributed by atoms with Crippen LogP contribution in [0.5, 0.6) is 5.75 Å². The van der Waals surface area contributed by atoms with Gasteiger partial charge in [0.1, 0.15) is 32.9 Å². The maximum atomic E-state index is 14.3. The maximum absolute atomic E-state index is 14.3. The lowest BCUT2D eigenvalue weighted by Gasteiger charge is -2.08. The van der Waals surface area contributed by atoms with Crippen molar-refractivity contribution >= 4 is 54.9 Å². The van der Waals surface area contributed by atoms with Crippen LogP contribution in [-0.4, -0.2) is 65.5 Å². The lowest BCUT2D eigenvalue weighted by molar-refractivity contribution is 0.0166. The van der Waals surface area contributed by atoms with Crippen LogP contribution in [0.2, 0.25) is 0 Å². The molecule has 6 aromatic rings. The van der Waals surface area contributed by atoms with Crippen molar-refractivity contribution in [1.82, 2.24) is 20.9 Å². The lowest BCUT2D eigenvalue weighted by Crippen LogP contribution is -2.25. The second-order valence-corrected chi connectivity index (χ2v) is 13.8. The maximum Gasteiger partial charge on any atom is 0.276 e. The average molecular weight is 785 g/mol. The Kier molecular flexibility index (Phi) is 15.0. The van der Waals surface area contributed by atoms with Gasteiger partial charge in [0.15, 0.2) is 0 Å². The summed E-state index contributed by atoms with van der Waals surface area (Å²) in [5, 5.41) is 18.5. The van der Waals surface area contributed by atoms with Crippen LogP contribution in [0.3, 0.4) is 0 Å². The third-order valence-electron chi connectivity index (χ3n) is 7.71. The Morgan fingerprint density at radius 3 is 1.63 bits per heavy atom. The minimum atomic E-state index is -0.598. The Labute approximate surface area is 317 Å². The molecule has 4 N–H and O–H groups in total. The average Bonchev–Trinajstić information content (AvgIpc) is 3.67. The largest absolute Gasteiger partial charge is 0.495 e. The fourth-order valence-corrected chi connectivity index (χ4v) is 7.52. The van der Waals surface area contributed by atoms with Crippen LogP contribution >= 0.6 is 22.7 Å². The van der Waals surface area contributed by atoms with E-state index in [2.05, 4.69) is 20.9 Å². The number of thiophene rings is 2. The first-order valence-corrected chi connectivity index (χ1v) is 17.7. The number of ether oxygens (including phenoxy) is 1. The topological polar surface area (TPSA) is 152 Å². The van der Waals surface area contributed by atoms with Crippen LogP contribution in [0.25, 0.3) is 20.4 Å². The van der Waals surface area contributed by atoms with Gasteiger partial charge in [-0.1, -0.05) is 31.7 Å². The summed E-state index contributed by atoms with van der Waals surface area (Å²) in [5.41, 5.74) is 7.61. The van der Waals surface area contributed by atoms with Crippen molar-refractivity contribution in [1.29, 1.82) is 0 Å². The third kappa shape index (κ3) is 10.2. The van der Waals surface area contributed by atoms with Gasteiger partial charge in [-0.25, -0.2) is 34.1 Å². The Hall–Kier alpha value is -4.97. The smallest absolute Gasteiger partial charge is 0.276 e. The first-order chi connectivity index (χ1) is 25.5. The number of rotatable bonds is 13. The number of aromatic nitrogens is 2. The van der Waals surface area contributed by atoms with Crippen LogP contribution in [0, 0.1) is 31.3 Å². The molecule has 16 heteroatoms. The van der Waals surface area contributed by atoms with Gasteiger partial charge in [-0.05, 0) is 60.4 Å². The van der Waals surface area contributed by atoms with E-state index in [1.807, 2.05) is 13.0 Å². The van der Waals surface area contributed by atoms with Gasteiger partial charge in [-0.15, -0.1) is 22.7 Å². The number of methoxy groups -OCH3 is 1. The number of carbonyl (C=O) groups excluding carboxylic acids is 2. The summed E-state index contributed by atoms with van der Waals surface area (Å²) in [7, 11) is 1.52. The molecule has 0 aliphatic carbocycles. The monoisotopic (exact) mass is 784 g/mol. The first-order valence-electron chi connectivity index (χ1n) is 16.1. The highest BCUT2D eigenvalue weighted by Gasteiger charge is 2.23. The number of hydroxylamine groups is 2. The van der Waals surface area contributed by atoms with E-state index in [9.17, 15) is 22.8 Å². The normalized spacial score (nSPS) is 10.8. The van der Waals surface area contributed by atoms with Crippen LogP contribution in [0.15, 0.2) is 60.9 Å². The van der Waals surface area contributed by atoms with E-state index >= 15 is 0 Å². The number of aliphatic hydroxyl groups is 2. The summed E-state index contributed by atoms with van der Waals surface area (Å²) in [5.74, 6) is -1.83. The molecule has 0 aliphatic heterocycles. The molecule has 4 aromatic heterocycles. The molecule has 11 nitrogen and oxygen atoms in total. The van der Waals surface area contributed by atoms with Gasteiger partial charge in [0, 0.05) is 33.4 Å². The quantitative estimate of drug-likeness (QED) is 0.0736. The lowest BCUT2D eigenvalue weighted by atomic mass is 10.0. The molecule has 4 heterocycles. The molecule has 0 bridgehead atoms. The predicted molar refractivity (Wildman–Crippen MR) is 201 cm³/mol. The number of carbonyl (C=O) groups is 2. The van der Waals surface area contributed by atoms with E-state index in [4.69, 9.17) is 24.6 Å². The summed E-state index contributed by atoms with van der Waals surface area (Å²) in [6.07, 6.45) is 3.05. The summed E-state index contributed by atoms with van der Waals surface area (Å²) in [6.45, 7) is 3.01. The van der Waals surface area contributed by atoms with Crippen molar-refractivity contribution in [3.8, 4) is 5.75 Å². The zero-order valence-electron chi connectivity index (χ0n) is 28.8. The first kappa shape index (κ1) is 41.8. The van der Waals surface area contributed by atoms with Crippen molar-refractivity contribution in [3.63, 3.8) is 0 Å². The molecule has 2 amide bonds. The number of hydrogen-bond donors (Lipinski definition) is 4. The summed E-state index contributed by atoms with van der Waals surface area (Å²) in [4.78, 5) is 45.6. The third-order valence-corrected chi connectivity index (χ3v) is 9.93. The molecule has 0 radical (unpaired) electrons. The molecule has 2 aromatic carbocycles. The number of nitrogens with one attached hydrogen (secondary N) is 2. The number of hydrogen-bond acceptors (Lipinski definition) is 11. The molecule has 0 fully saturated rings. The van der Waals surface area contributed by atoms with Crippen molar-refractivity contribution in [2.45, 2.75) is 34.1 Å². The second-order valence-electron chi connectivity index (χ2n) is 11.6. The molecule has 286 valence electrons. The van der Waals surface area contributed by atoms with E-state index < -0.39 is 17.6 Å². The number of pyridine rings is 2.